The molecule has 1 N–H and O–H groups in total. The first-order chi connectivity index (χ1) is 6.18. The lowest BCUT2D eigenvalue weighted by Gasteiger charge is -1.81. The minimum absolute atomic E-state index is 0.648. The van der Waals surface area contributed by atoms with Crippen molar-refractivity contribution in [1.82, 2.24) is 0 Å². The van der Waals surface area contributed by atoms with E-state index in [0.29, 0.717) is 10.4 Å². The van der Waals surface area contributed by atoms with Crippen molar-refractivity contribution in [2.24, 2.45) is 0 Å². The van der Waals surface area contributed by atoms with Gasteiger partial charge in [0.05, 0.1) is 0 Å². The fraction of sp³-hybridized carbons (Fsp3) is 0. The number of hydrogen-bond donors (Lipinski definition) is 1. The quantitative estimate of drug-likeness (QED) is 0.655. The molecule has 13 heavy (non-hydrogen) atoms. The van der Waals surface area contributed by atoms with Gasteiger partial charge in [-0.15, -0.1) is 0 Å². The number of carbonyl (C=O) groups is 1. The summed E-state index contributed by atoms with van der Waals surface area (Å²) in [6.45, 7) is 0. The highest BCUT2D eigenvalue weighted by Gasteiger charge is 1.92. The standard InChI is InChI=1S/C9H7BrO3/c10-8-6-5-7(13-8)3-1-2-4-9(11)12/h1-6H,(H,11,12)/b3-1+,4-2+. The molecule has 0 aliphatic carbocycles. The molecule has 0 radical (unpaired) electrons. The number of carboxylic acids is 1. The van der Waals surface area contributed by atoms with E-state index in [1.54, 1.807) is 24.3 Å². The van der Waals surface area contributed by atoms with E-state index in [9.17, 15) is 4.79 Å². The molecule has 0 saturated carbocycles. The van der Waals surface area contributed by atoms with Crippen molar-refractivity contribution in [3.05, 3.63) is 40.8 Å². The van der Waals surface area contributed by atoms with Crippen LogP contribution in [0.15, 0.2) is 39.4 Å². The second kappa shape index (κ2) is 4.67. The molecule has 3 nitrogen and oxygen atoms in total. The number of halogens is 1. The van der Waals surface area contributed by atoms with Crippen molar-refractivity contribution in [3.8, 4) is 0 Å². The van der Waals surface area contributed by atoms with Crippen molar-refractivity contribution in [3.63, 3.8) is 0 Å². The molecule has 0 spiro atoms. The summed E-state index contributed by atoms with van der Waals surface area (Å²) in [5, 5.41) is 8.26. The Hall–Kier alpha value is -1.29. The second-order valence-corrected chi connectivity index (χ2v) is 2.98. The van der Waals surface area contributed by atoms with E-state index in [2.05, 4.69) is 15.9 Å². The van der Waals surface area contributed by atoms with Gasteiger partial charge >= 0.3 is 5.97 Å². The maximum absolute atomic E-state index is 10.1. The summed E-state index contributed by atoms with van der Waals surface area (Å²) in [6, 6.07) is 3.54. The van der Waals surface area contributed by atoms with Crippen LogP contribution in [0.2, 0.25) is 0 Å². The van der Waals surface area contributed by atoms with Crippen LogP contribution in [-0.2, 0) is 4.79 Å². The summed E-state index contributed by atoms with van der Waals surface area (Å²) < 4.78 is 5.79. The molecule has 0 aliphatic rings. The van der Waals surface area contributed by atoms with Crippen molar-refractivity contribution in [2.45, 2.75) is 0 Å². The first-order valence-electron chi connectivity index (χ1n) is 3.51. The fourth-order valence-corrected chi connectivity index (χ4v) is 1.03. The summed E-state index contributed by atoms with van der Waals surface area (Å²) in [5.74, 6) is -0.299. The lowest BCUT2D eigenvalue weighted by atomic mass is 10.4. The van der Waals surface area contributed by atoms with Gasteiger partial charge in [-0.1, -0.05) is 12.2 Å². The maximum Gasteiger partial charge on any atom is 0.328 e. The van der Waals surface area contributed by atoms with E-state index in [1.807, 2.05) is 0 Å². The van der Waals surface area contributed by atoms with Crippen LogP contribution in [0.5, 0.6) is 0 Å². The molecule has 0 atom stereocenters. The van der Waals surface area contributed by atoms with Crippen molar-refractivity contribution < 1.29 is 14.3 Å². The Morgan fingerprint density at radius 2 is 2.23 bits per heavy atom. The zero-order valence-corrected chi connectivity index (χ0v) is 8.19. The van der Waals surface area contributed by atoms with Crippen molar-refractivity contribution in [1.29, 1.82) is 0 Å². The third kappa shape index (κ3) is 3.75. The molecule has 68 valence electrons. The Morgan fingerprint density at radius 1 is 1.46 bits per heavy atom. The fourth-order valence-electron chi connectivity index (χ4n) is 0.706. The van der Waals surface area contributed by atoms with E-state index in [0.717, 1.165) is 6.08 Å². The molecular weight excluding hydrogens is 236 g/mol. The first-order valence-corrected chi connectivity index (χ1v) is 4.31. The van der Waals surface area contributed by atoms with Gasteiger partial charge in [-0.25, -0.2) is 4.79 Å². The predicted molar refractivity (Wildman–Crippen MR) is 52.2 cm³/mol. The number of allylic oxidation sites excluding steroid dienone is 2. The smallest absolute Gasteiger partial charge is 0.328 e. The SMILES string of the molecule is O=C(O)/C=C/C=C/c1ccc(Br)o1. The molecule has 0 bridgehead atoms. The van der Waals surface area contributed by atoms with Gasteiger partial charge in [-0.05, 0) is 34.1 Å². The Balaban J connectivity index is 2.54. The van der Waals surface area contributed by atoms with E-state index in [4.69, 9.17) is 9.52 Å². The summed E-state index contributed by atoms with van der Waals surface area (Å²) in [6.07, 6.45) is 5.75. The van der Waals surface area contributed by atoms with Crippen LogP contribution in [0.3, 0.4) is 0 Å². The van der Waals surface area contributed by atoms with Crippen LogP contribution < -0.4 is 0 Å². The maximum atomic E-state index is 10.1. The minimum Gasteiger partial charge on any atom is -0.478 e. The molecule has 1 rings (SSSR count). The molecule has 0 unspecified atom stereocenters. The normalized spacial score (nSPS) is 11.5. The molecule has 1 aromatic rings. The third-order valence-corrected chi connectivity index (χ3v) is 1.63. The topological polar surface area (TPSA) is 50.4 Å². The predicted octanol–water partition coefficient (Wildman–Crippen LogP) is 2.70. The molecule has 4 heteroatoms. The van der Waals surface area contributed by atoms with Crippen LogP contribution in [0.1, 0.15) is 5.76 Å². The third-order valence-electron chi connectivity index (χ3n) is 1.20. The molecule has 0 fully saturated rings. The van der Waals surface area contributed by atoms with E-state index >= 15 is 0 Å². The van der Waals surface area contributed by atoms with Crippen LogP contribution >= 0.6 is 15.9 Å². The Morgan fingerprint density at radius 3 is 2.77 bits per heavy atom. The Kier molecular flexibility index (Phi) is 3.52. The molecular formula is C9H7BrO3. The Bertz CT molecular complexity index is 349. The number of hydrogen-bond acceptors (Lipinski definition) is 2. The lowest BCUT2D eigenvalue weighted by Crippen LogP contribution is -1.84. The molecule has 1 aromatic heterocycles. The zero-order valence-electron chi connectivity index (χ0n) is 6.61. The van der Waals surface area contributed by atoms with Crippen LogP contribution in [-0.4, -0.2) is 11.1 Å². The monoisotopic (exact) mass is 242 g/mol. The van der Waals surface area contributed by atoms with Gasteiger partial charge in [-0.3, -0.25) is 0 Å². The highest BCUT2D eigenvalue weighted by molar-refractivity contribution is 9.10. The van der Waals surface area contributed by atoms with Crippen molar-refractivity contribution in [2.75, 3.05) is 0 Å². The number of carboxylic acid groups (broad SMARTS) is 1. The number of aliphatic carboxylic acids is 1. The van der Waals surface area contributed by atoms with Gasteiger partial charge in [-0.2, -0.15) is 0 Å². The first kappa shape index (κ1) is 9.80. The van der Waals surface area contributed by atoms with Crippen molar-refractivity contribution >= 4 is 28.0 Å². The van der Waals surface area contributed by atoms with Crippen LogP contribution in [0, 0.1) is 0 Å². The van der Waals surface area contributed by atoms with Crippen LogP contribution in [0.25, 0.3) is 6.08 Å². The van der Waals surface area contributed by atoms with Gasteiger partial charge in [0, 0.05) is 6.08 Å². The van der Waals surface area contributed by atoms with Crippen LogP contribution in [0.4, 0.5) is 0 Å². The highest BCUT2D eigenvalue weighted by Crippen LogP contribution is 2.14. The Labute approximate surface area is 83.5 Å². The van der Waals surface area contributed by atoms with Gasteiger partial charge in [0.15, 0.2) is 4.67 Å². The summed E-state index contributed by atoms with van der Waals surface area (Å²) in [7, 11) is 0. The second-order valence-electron chi connectivity index (χ2n) is 2.20. The molecule has 1 heterocycles. The largest absolute Gasteiger partial charge is 0.478 e. The molecule has 0 saturated heterocycles. The lowest BCUT2D eigenvalue weighted by molar-refractivity contribution is -0.131. The van der Waals surface area contributed by atoms with Gasteiger partial charge < -0.3 is 9.52 Å². The van der Waals surface area contributed by atoms with Gasteiger partial charge in [0.25, 0.3) is 0 Å². The summed E-state index contributed by atoms with van der Waals surface area (Å²) in [4.78, 5) is 10.1. The molecule has 0 amide bonds. The molecule has 0 aliphatic heterocycles. The van der Waals surface area contributed by atoms with E-state index in [1.165, 1.54) is 6.08 Å². The van der Waals surface area contributed by atoms with E-state index in [-0.39, 0.29) is 0 Å². The minimum atomic E-state index is -0.967. The number of rotatable bonds is 3. The van der Waals surface area contributed by atoms with Gasteiger partial charge in [0.2, 0.25) is 0 Å². The molecule has 0 aromatic carbocycles. The highest BCUT2D eigenvalue weighted by atomic mass is 79.9. The van der Waals surface area contributed by atoms with Gasteiger partial charge in [0.1, 0.15) is 5.76 Å². The average molecular weight is 243 g/mol. The van der Waals surface area contributed by atoms with E-state index < -0.39 is 5.97 Å². The number of furan rings is 1. The average Bonchev–Trinajstić information content (AvgIpc) is 2.45. The summed E-state index contributed by atoms with van der Waals surface area (Å²) in [5.41, 5.74) is 0. The summed E-state index contributed by atoms with van der Waals surface area (Å²) >= 11 is 3.15. The zero-order chi connectivity index (χ0) is 9.68.